The standard InChI is InChI=1S/C28H26BrClN2O3/c1-3-35-25-15-17(12-19(29)28(25)34-2)27-26-23(31-21-10-6-7-11-22(21)32-27)13-16(14-24(26)33)18-8-4-5-9-20(18)30/h4-12,15-16,27,31-32H,3,13-14H2,1-2H3. The third kappa shape index (κ3) is 4.53. The fourth-order valence-electron chi connectivity index (χ4n) is 4.98. The van der Waals surface area contributed by atoms with Gasteiger partial charge in [-0.1, -0.05) is 41.9 Å². The highest BCUT2D eigenvalue weighted by molar-refractivity contribution is 9.10. The van der Waals surface area contributed by atoms with E-state index in [1.165, 1.54) is 0 Å². The highest BCUT2D eigenvalue weighted by atomic mass is 79.9. The molecule has 5 rings (SSSR count). The number of benzene rings is 3. The van der Waals surface area contributed by atoms with Gasteiger partial charge in [0, 0.05) is 22.7 Å². The van der Waals surface area contributed by atoms with Crippen molar-refractivity contribution in [3.05, 3.63) is 92.6 Å². The number of rotatable bonds is 5. The molecular weight excluding hydrogens is 528 g/mol. The first kappa shape index (κ1) is 23.8. The summed E-state index contributed by atoms with van der Waals surface area (Å²) in [5, 5.41) is 7.89. The van der Waals surface area contributed by atoms with E-state index in [9.17, 15) is 4.79 Å². The number of para-hydroxylation sites is 2. The lowest BCUT2D eigenvalue weighted by Crippen LogP contribution is -2.27. The zero-order valence-corrected chi connectivity index (χ0v) is 21.9. The van der Waals surface area contributed by atoms with Crippen molar-refractivity contribution in [2.75, 3.05) is 24.4 Å². The Bertz CT molecular complexity index is 1320. The molecule has 2 atom stereocenters. The van der Waals surface area contributed by atoms with Crippen LogP contribution in [0.5, 0.6) is 11.5 Å². The average molecular weight is 554 g/mol. The Morgan fingerprint density at radius 3 is 2.54 bits per heavy atom. The summed E-state index contributed by atoms with van der Waals surface area (Å²) < 4.78 is 12.2. The molecule has 1 aliphatic heterocycles. The lowest BCUT2D eigenvalue weighted by Gasteiger charge is -2.30. The number of carbonyl (C=O) groups is 1. The summed E-state index contributed by atoms with van der Waals surface area (Å²) in [4.78, 5) is 13.8. The van der Waals surface area contributed by atoms with Crippen LogP contribution in [0.15, 0.2) is 76.4 Å². The number of nitrogens with one attached hydrogen (secondary N) is 2. The van der Waals surface area contributed by atoms with E-state index in [2.05, 4.69) is 26.6 Å². The fourth-order valence-corrected chi connectivity index (χ4v) is 5.90. The van der Waals surface area contributed by atoms with E-state index >= 15 is 0 Å². The smallest absolute Gasteiger partial charge is 0.174 e. The number of ketones is 1. The number of Topliss-reactive ketones (excluding diaryl/α,β-unsaturated/α-hetero) is 1. The lowest BCUT2D eigenvalue weighted by atomic mass is 9.78. The van der Waals surface area contributed by atoms with Crippen molar-refractivity contribution in [1.29, 1.82) is 0 Å². The van der Waals surface area contributed by atoms with E-state index in [4.69, 9.17) is 21.1 Å². The van der Waals surface area contributed by atoms with E-state index in [-0.39, 0.29) is 17.7 Å². The second-order valence-electron chi connectivity index (χ2n) is 8.66. The Morgan fingerprint density at radius 2 is 1.80 bits per heavy atom. The molecule has 1 aliphatic carbocycles. The van der Waals surface area contributed by atoms with Gasteiger partial charge in [-0.15, -0.1) is 0 Å². The quantitative estimate of drug-likeness (QED) is 0.343. The molecule has 0 aromatic heterocycles. The van der Waals surface area contributed by atoms with Crippen molar-refractivity contribution in [2.45, 2.75) is 31.7 Å². The molecule has 1 heterocycles. The van der Waals surface area contributed by atoms with Gasteiger partial charge in [0.25, 0.3) is 0 Å². The van der Waals surface area contributed by atoms with Crippen molar-refractivity contribution in [3.8, 4) is 11.5 Å². The normalized spacial score (nSPS) is 19.1. The van der Waals surface area contributed by atoms with Gasteiger partial charge in [0.1, 0.15) is 0 Å². The number of hydrogen-bond acceptors (Lipinski definition) is 5. The van der Waals surface area contributed by atoms with Crippen molar-refractivity contribution >= 4 is 44.7 Å². The third-order valence-corrected chi connectivity index (χ3v) is 7.46. The zero-order valence-electron chi connectivity index (χ0n) is 19.5. The Balaban J connectivity index is 1.64. The first-order chi connectivity index (χ1) is 17.0. The molecule has 35 heavy (non-hydrogen) atoms. The molecule has 0 saturated carbocycles. The topological polar surface area (TPSA) is 59.6 Å². The highest BCUT2D eigenvalue weighted by Gasteiger charge is 2.37. The molecule has 0 spiro atoms. The Kier molecular flexibility index (Phi) is 6.76. The van der Waals surface area contributed by atoms with E-state index in [1.54, 1.807) is 7.11 Å². The van der Waals surface area contributed by atoms with Crippen LogP contribution in [0.3, 0.4) is 0 Å². The molecule has 3 aromatic carbocycles. The van der Waals surface area contributed by atoms with Crippen LogP contribution in [0.1, 0.15) is 42.9 Å². The second kappa shape index (κ2) is 9.96. The molecule has 7 heteroatoms. The maximum absolute atomic E-state index is 13.8. The maximum Gasteiger partial charge on any atom is 0.174 e. The summed E-state index contributed by atoms with van der Waals surface area (Å²) in [5.74, 6) is 1.37. The molecule has 0 amide bonds. The average Bonchev–Trinajstić information content (AvgIpc) is 3.01. The monoisotopic (exact) mass is 552 g/mol. The van der Waals surface area contributed by atoms with Crippen molar-refractivity contribution in [1.82, 2.24) is 0 Å². The third-order valence-electron chi connectivity index (χ3n) is 6.52. The number of ether oxygens (including phenoxy) is 2. The molecule has 2 N–H and O–H groups in total. The first-order valence-electron chi connectivity index (χ1n) is 11.6. The number of hydrogen-bond donors (Lipinski definition) is 2. The minimum atomic E-state index is -0.359. The largest absolute Gasteiger partial charge is 0.492 e. The number of carbonyl (C=O) groups excluding carboxylic acids is 1. The molecule has 0 bridgehead atoms. The molecule has 3 aromatic rings. The minimum absolute atomic E-state index is 0.00921. The van der Waals surface area contributed by atoms with E-state index in [0.29, 0.717) is 36.0 Å². The summed E-state index contributed by atoms with van der Waals surface area (Å²) in [6.45, 7) is 2.44. The molecule has 0 fully saturated rings. The number of halogens is 2. The van der Waals surface area contributed by atoms with Crippen LogP contribution in [0.4, 0.5) is 11.4 Å². The van der Waals surface area contributed by atoms with E-state index in [1.807, 2.05) is 67.6 Å². The van der Waals surface area contributed by atoms with Crippen LogP contribution in [0, 0.1) is 0 Å². The van der Waals surface area contributed by atoms with Crippen LogP contribution < -0.4 is 20.1 Å². The molecule has 0 radical (unpaired) electrons. The van der Waals surface area contributed by atoms with Gasteiger partial charge < -0.3 is 20.1 Å². The SMILES string of the molecule is CCOc1cc(C2Nc3ccccc3NC3=C2C(=O)CC(c2ccccc2Cl)C3)cc(Br)c1OC. The molecule has 180 valence electrons. The molecule has 0 saturated heterocycles. The number of methoxy groups -OCH3 is 1. The van der Waals surface area contributed by atoms with Gasteiger partial charge in [0.05, 0.1) is 35.6 Å². The lowest BCUT2D eigenvalue weighted by molar-refractivity contribution is -0.116. The second-order valence-corrected chi connectivity index (χ2v) is 9.92. The molecule has 2 aliphatic rings. The van der Waals surface area contributed by atoms with E-state index < -0.39 is 0 Å². The number of anilines is 2. The Hall–Kier alpha value is -2.96. The van der Waals surface area contributed by atoms with Crippen LogP contribution >= 0.6 is 27.5 Å². The first-order valence-corrected chi connectivity index (χ1v) is 12.8. The van der Waals surface area contributed by atoms with Gasteiger partial charge in [-0.25, -0.2) is 0 Å². The van der Waals surface area contributed by atoms with Crippen molar-refractivity contribution < 1.29 is 14.3 Å². The number of fused-ring (bicyclic) bond motifs is 1. The predicted octanol–water partition coefficient (Wildman–Crippen LogP) is 7.49. The van der Waals surface area contributed by atoms with Crippen LogP contribution in [0.25, 0.3) is 0 Å². The maximum atomic E-state index is 13.8. The van der Waals surface area contributed by atoms with Gasteiger partial charge in [-0.2, -0.15) is 0 Å². The zero-order chi connectivity index (χ0) is 24.5. The Morgan fingerprint density at radius 1 is 1.06 bits per heavy atom. The van der Waals surface area contributed by atoms with Crippen molar-refractivity contribution in [3.63, 3.8) is 0 Å². The molecule has 2 unspecified atom stereocenters. The summed E-state index contributed by atoms with van der Waals surface area (Å²) >= 11 is 10.2. The van der Waals surface area contributed by atoms with Gasteiger partial charge >= 0.3 is 0 Å². The summed E-state index contributed by atoms with van der Waals surface area (Å²) in [7, 11) is 1.62. The van der Waals surface area contributed by atoms with E-state index in [0.717, 1.165) is 38.2 Å². The summed E-state index contributed by atoms with van der Waals surface area (Å²) in [6.07, 6.45) is 1.08. The highest BCUT2D eigenvalue weighted by Crippen LogP contribution is 2.47. The van der Waals surface area contributed by atoms with Gasteiger partial charge in [-0.05, 0) is 76.7 Å². The van der Waals surface area contributed by atoms with Crippen LogP contribution in [-0.4, -0.2) is 19.5 Å². The van der Waals surface area contributed by atoms with Gasteiger partial charge in [-0.3, -0.25) is 4.79 Å². The molecule has 5 nitrogen and oxygen atoms in total. The van der Waals surface area contributed by atoms with Gasteiger partial charge in [0.15, 0.2) is 17.3 Å². The summed E-state index contributed by atoms with van der Waals surface area (Å²) in [6, 6.07) is 19.4. The summed E-state index contributed by atoms with van der Waals surface area (Å²) in [5.41, 5.74) is 5.44. The van der Waals surface area contributed by atoms with Gasteiger partial charge in [0.2, 0.25) is 0 Å². The minimum Gasteiger partial charge on any atom is -0.492 e. The molecular formula is C28H26BrClN2O3. The van der Waals surface area contributed by atoms with Crippen LogP contribution in [0.2, 0.25) is 5.02 Å². The fraction of sp³-hybridized carbons (Fsp3) is 0.250. The Labute approximate surface area is 218 Å². The van der Waals surface area contributed by atoms with Crippen LogP contribution in [-0.2, 0) is 4.79 Å². The van der Waals surface area contributed by atoms with Crippen molar-refractivity contribution in [2.24, 2.45) is 0 Å². The number of allylic oxidation sites excluding steroid dienone is 1. The predicted molar refractivity (Wildman–Crippen MR) is 144 cm³/mol.